The highest BCUT2D eigenvalue weighted by Crippen LogP contribution is 2.28. The molecule has 0 saturated heterocycles. The molecule has 1 aliphatic rings. The van der Waals surface area contributed by atoms with Gasteiger partial charge in [-0.25, -0.2) is 13.7 Å². The summed E-state index contributed by atoms with van der Waals surface area (Å²) in [5.74, 6) is -0.333. The first-order valence-electron chi connectivity index (χ1n) is 7.93. The van der Waals surface area contributed by atoms with Gasteiger partial charge in [0.15, 0.2) is 0 Å². The minimum Gasteiger partial charge on any atom is -0.392 e. The van der Waals surface area contributed by atoms with Gasteiger partial charge in [-0.05, 0) is 31.9 Å². The van der Waals surface area contributed by atoms with Gasteiger partial charge in [0.25, 0.3) is 5.91 Å². The number of carbonyl (C=O) groups is 1. The molecule has 0 aliphatic carbocycles. The van der Waals surface area contributed by atoms with E-state index in [0.29, 0.717) is 34.7 Å². The molecule has 2 aromatic rings. The largest absolute Gasteiger partial charge is 0.392 e. The highest BCUT2D eigenvalue weighted by Gasteiger charge is 2.32. The van der Waals surface area contributed by atoms with Crippen molar-refractivity contribution in [3.63, 3.8) is 0 Å². The average Bonchev–Trinajstić information content (AvgIpc) is 2.83. The summed E-state index contributed by atoms with van der Waals surface area (Å²) in [7, 11) is -1.61. The molecule has 1 unspecified atom stereocenters. The molecule has 4 N–H and O–H groups in total. The predicted molar refractivity (Wildman–Crippen MR) is 93.7 cm³/mol. The maximum atomic E-state index is 12.8. The minimum atomic E-state index is -3.30. The van der Waals surface area contributed by atoms with Crippen LogP contribution in [0.15, 0.2) is 35.6 Å². The van der Waals surface area contributed by atoms with Crippen molar-refractivity contribution in [3.8, 4) is 0 Å². The molecule has 0 saturated carbocycles. The molecule has 0 fully saturated rings. The second kappa shape index (κ2) is 6.58. The third-order valence-electron chi connectivity index (χ3n) is 4.31. The summed E-state index contributed by atoms with van der Waals surface area (Å²) in [5.41, 5.74) is 1.57. The van der Waals surface area contributed by atoms with Crippen LogP contribution >= 0.6 is 0 Å². The highest BCUT2D eigenvalue weighted by molar-refractivity contribution is 7.90. The number of aromatic nitrogens is 2. The van der Waals surface area contributed by atoms with Crippen LogP contribution in [0, 0.1) is 4.78 Å². The van der Waals surface area contributed by atoms with Crippen LogP contribution in [0.3, 0.4) is 0 Å². The number of anilines is 1. The van der Waals surface area contributed by atoms with Gasteiger partial charge in [-0.1, -0.05) is 0 Å². The Morgan fingerprint density at radius 2 is 2.20 bits per heavy atom. The lowest BCUT2D eigenvalue weighted by Crippen LogP contribution is -2.40. The standard InChI is InChI=1S/C16H21N5O3S/c1-10(22)13-4-3-12-14(25(17,24)20-13)9-21(2)15(12)16(23)19-11-5-7-18-8-6-11/h5-10,13,22H,3-4H2,1-2H3,(H2,17,20,24)(H,18,19,23)/t10-,13+,25?/m0/s1. The van der Waals surface area contributed by atoms with Crippen molar-refractivity contribution in [1.29, 1.82) is 4.78 Å². The number of aliphatic hydroxyl groups is 1. The van der Waals surface area contributed by atoms with Gasteiger partial charge in [0.1, 0.15) is 15.6 Å². The normalized spacial score (nSPS) is 24.2. The summed E-state index contributed by atoms with van der Waals surface area (Å²) >= 11 is 0. The Morgan fingerprint density at radius 1 is 1.52 bits per heavy atom. The van der Waals surface area contributed by atoms with Gasteiger partial charge in [-0.15, -0.1) is 0 Å². The minimum absolute atomic E-state index is 0.304. The number of aliphatic hydroxyl groups excluding tert-OH is 1. The van der Waals surface area contributed by atoms with Crippen LogP contribution in [-0.4, -0.2) is 36.9 Å². The van der Waals surface area contributed by atoms with E-state index in [0.717, 1.165) is 0 Å². The lowest BCUT2D eigenvalue weighted by molar-refractivity contribution is 0.101. The monoisotopic (exact) mass is 363 g/mol. The molecule has 1 aliphatic heterocycles. The van der Waals surface area contributed by atoms with Crippen molar-refractivity contribution in [2.45, 2.75) is 36.8 Å². The zero-order valence-corrected chi connectivity index (χ0v) is 14.8. The number of amides is 1. The van der Waals surface area contributed by atoms with E-state index in [-0.39, 0.29) is 5.91 Å². The first kappa shape index (κ1) is 17.6. The van der Waals surface area contributed by atoms with Crippen molar-refractivity contribution in [3.05, 3.63) is 42.0 Å². The summed E-state index contributed by atoms with van der Waals surface area (Å²) < 4.78 is 25.3. The molecule has 3 rings (SSSR count). The Labute approximate surface area is 146 Å². The second-order valence-corrected chi connectivity index (χ2v) is 7.97. The summed E-state index contributed by atoms with van der Waals surface area (Å²) in [6, 6.07) is 2.90. The maximum Gasteiger partial charge on any atom is 0.272 e. The molecule has 0 radical (unpaired) electrons. The maximum absolute atomic E-state index is 12.8. The van der Waals surface area contributed by atoms with Crippen molar-refractivity contribution in [2.75, 3.05) is 5.32 Å². The van der Waals surface area contributed by atoms with E-state index in [4.69, 9.17) is 4.78 Å². The van der Waals surface area contributed by atoms with E-state index in [1.807, 2.05) is 0 Å². The number of pyridine rings is 1. The summed E-state index contributed by atoms with van der Waals surface area (Å²) in [4.78, 5) is 16.9. The van der Waals surface area contributed by atoms with Crippen LogP contribution in [-0.2, 0) is 23.4 Å². The van der Waals surface area contributed by atoms with Crippen LogP contribution in [0.4, 0.5) is 5.69 Å². The molecule has 25 heavy (non-hydrogen) atoms. The van der Waals surface area contributed by atoms with Gasteiger partial charge in [0.05, 0.1) is 11.0 Å². The Hall–Kier alpha value is -2.23. The van der Waals surface area contributed by atoms with Crippen molar-refractivity contribution in [1.82, 2.24) is 14.3 Å². The number of rotatable bonds is 3. The Kier molecular flexibility index (Phi) is 4.63. The van der Waals surface area contributed by atoms with Gasteiger partial charge < -0.3 is 15.0 Å². The van der Waals surface area contributed by atoms with Crippen molar-refractivity contribution >= 4 is 21.5 Å². The molecule has 9 heteroatoms. The highest BCUT2D eigenvalue weighted by atomic mass is 32.2. The molecule has 1 amide bonds. The second-order valence-electron chi connectivity index (χ2n) is 6.18. The van der Waals surface area contributed by atoms with Crippen LogP contribution < -0.4 is 10.0 Å². The zero-order valence-electron chi connectivity index (χ0n) is 14.0. The summed E-state index contributed by atoms with van der Waals surface area (Å²) in [6.07, 6.45) is 4.92. The van der Waals surface area contributed by atoms with Crippen LogP contribution in [0.2, 0.25) is 0 Å². The fourth-order valence-electron chi connectivity index (χ4n) is 3.04. The molecule has 8 nitrogen and oxygen atoms in total. The Morgan fingerprint density at radius 3 is 2.84 bits per heavy atom. The van der Waals surface area contributed by atoms with Gasteiger partial charge in [-0.2, -0.15) is 0 Å². The number of fused-ring (bicyclic) bond motifs is 1. The van der Waals surface area contributed by atoms with E-state index in [1.165, 1.54) is 0 Å². The first-order chi connectivity index (χ1) is 11.8. The number of hydrogen-bond donors (Lipinski definition) is 4. The van der Waals surface area contributed by atoms with Crippen LogP contribution in [0.25, 0.3) is 0 Å². The van der Waals surface area contributed by atoms with Gasteiger partial charge in [-0.3, -0.25) is 9.78 Å². The van der Waals surface area contributed by atoms with Gasteiger partial charge >= 0.3 is 0 Å². The molecular weight excluding hydrogens is 342 g/mol. The van der Waals surface area contributed by atoms with Crippen LogP contribution in [0.5, 0.6) is 0 Å². The smallest absolute Gasteiger partial charge is 0.272 e. The van der Waals surface area contributed by atoms with Gasteiger partial charge in [0, 0.05) is 42.9 Å². The topological polar surface area (TPSA) is 120 Å². The Balaban J connectivity index is 1.99. The van der Waals surface area contributed by atoms with Gasteiger partial charge in [0.2, 0.25) is 0 Å². The molecule has 2 aromatic heterocycles. The third kappa shape index (κ3) is 3.44. The average molecular weight is 363 g/mol. The molecule has 3 heterocycles. The molecule has 3 atom stereocenters. The van der Waals surface area contributed by atoms with E-state index < -0.39 is 22.1 Å². The van der Waals surface area contributed by atoms with E-state index in [9.17, 15) is 14.1 Å². The Bertz CT molecular complexity index is 890. The number of nitrogens with zero attached hydrogens (tertiary/aromatic N) is 2. The van der Waals surface area contributed by atoms with E-state index in [1.54, 1.807) is 49.3 Å². The lowest BCUT2D eigenvalue weighted by Gasteiger charge is -2.19. The summed E-state index contributed by atoms with van der Waals surface area (Å²) in [6.45, 7) is 1.60. The predicted octanol–water partition coefficient (Wildman–Crippen LogP) is 1.28. The SMILES string of the molecule is C[C@H](O)[C@H]1CCc2c(cn(C)c2C(=O)Nc2ccncc2)S(=N)(=O)N1. The van der Waals surface area contributed by atoms with Crippen molar-refractivity contribution < 1.29 is 14.1 Å². The molecular formula is C16H21N5O3S. The number of hydrogen-bond acceptors (Lipinski definition) is 5. The van der Waals surface area contributed by atoms with Crippen LogP contribution in [0.1, 0.15) is 29.4 Å². The van der Waals surface area contributed by atoms with E-state index >= 15 is 0 Å². The lowest BCUT2D eigenvalue weighted by atomic mass is 10.0. The third-order valence-corrected chi connectivity index (χ3v) is 5.92. The molecule has 134 valence electrons. The molecule has 0 bridgehead atoms. The molecule has 0 aromatic carbocycles. The number of carbonyl (C=O) groups excluding carboxylic acids is 1. The fraction of sp³-hybridized carbons (Fsp3) is 0.375. The first-order valence-corrected chi connectivity index (χ1v) is 9.49. The quantitative estimate of drug-likeness (QED) is 0.656. The number of aryl methyl sites for hydroxylation is 1. The summed E-state index contributed by atoms with van der Waals surface area (Å²) in [5, 5.41) is 12.6. The number of nitrogens with one attached hydrogen (secondary N) is 3. The van der Waals surface area contributed by atoms with E-state index in [2.05, 4.69) is 15.0 Å². The zero-order chi connectivity index (χ0) is 18.2. The van der Waals surface area contributed by atoms with Crippen molar-refractivity contribution in [2.24, 2.45) is 7.05 Å². The molecule has 0 spiro atoms. The fourth-order valence-corrected chi connectivity index (χ4v) is 4.76.